The Bertz CT molecular complexity index is 466. The fourth-order valence-corrected chi connectivity index (χ4v) is 1.67. The largest absolute Gasteiger partial charge is 0.491 e. The van der Waals surface area contributed by atoms with E-state index in [1.165, 1.54) is 0 Å². The third-order valence-electron chi connectivity index (χ3n) is 2.66. The number of carbonyl (C=O) groups is 1. The van der Waals surface area contributed by atoms with Gasteiger partial charge < -0.3 is 30.0 Å². The van der Waals surface area contributed by atoms with E-state index in [4.69, 9.17) is 14.2 Å². The summed E-state index contributed by atoms with van der Waals surface area (Å²) in [5, 5.41) is 15.0. The Labute approximate surface area is 116 Å². The number of rotatable bonds is 7. The Hall–Kier alpha value is -1.99. The molecular formula is C13H18N2O5. The van der Waals surface area contributed by atoms with Crippen LogP contribution in [-0.4, -0.2) is 50.7 Å². The van der Waals surface area contributed by atoms with Crippen LogP contribution in [0.5, 0.6) is 17.2 Å². The van der Waals surface area contributed by atoms with Crippen molar-refractivity contribution in [1.29, 1.82) is 0 Å². The molecule has 0 bridgehead atoms. The van der Waals surface area contributed by atoms with Crippen molar-refractivity contribution in [2.45, 2.75) is 6.10 Å². The predicted octanol–water partition coefficient (Wildman–Crippen LogP) is -0.509. The summed E-state index contributed by atoms with van der Waals surface area (Å²) in [6.07, 6.45) is -0.777. The third-order valence-corrected chi connectivity index (χ3v) is 2.66. The Kier molecular flexibility index (Phi) is 5.03. The second-order valence-electron chi connectivity index (χ2n) is 4.31. The van der Waals surface area contributed by atoms with Gasteiger partial charge in [-0.1, -0.05) is 0 Å². The summed E-state index contributed by atoms with van der Waals surface area (Å²) in [7, 11) is 1.68. The van der Waals surface area contributed by atoms with Gasteiger partial charge in [-0.05, 0) is 19.2 Å². The number of benzene rings is 1. The molecule has 1 atom stereocenters. The Morgan fingerprint density at radius 3 is 3.05 bits per heavy atom. The number of hydrogen-bond donors (Lipinski definition) is 3. The monoisotopic (exact) mass is 282 g/mol. The molecule has 1 aromatic rings. The van der Waals surface area contributed by atoms with E-state index in [1.807, 2.05) is 0 Å². The highest BCUT2D eigenvalue weighted by Gasteiger charge is 2.14. The normalized spacial score (nSPS) is 13.9. The van der Waals surface area contributed by atoms with Gasteiger partial charge in [0.2, 0.25) is 12.7 Å². The summed E-state index contributed by atoms with van der Waals surface area (Å²) in [6.45, 7) is 0.652. The smallest absolute Gasteiger partial charge is 0.234 e. The molecule has 0 radical (unpaired) electrons. The first-order valence-electron chi connectivity index (χ1n) is 6.31. The molecule has 0 fully saturated rings. The Morgan fingerprint density at radius 1 is 1.45 bits per heavy atom. The van der Waals surface area contributed by atoms with Gasteiger partial charge in [-0.25, -0.2) is 0 Å². The molecule has 7 heteroatoms. The second-order valence-corrected chi connectivity index (χ2v) is 4.31. The number of fused-ring (bicyclic) bond motifs is 1. The quantitative estimate of drug-likeness (QED) is 0.624. The van der Waals surface area contributed by atoms with E-state index in [9.17, 15) is 9.90 Å². The fourth-order valence-electron chi connectivity index (χ4n) is 1.67. The molecule has 0 saturated carbocycles. The molecule has 0 aromatic heterocycles. The number of nitrogens with one attached hydrogen (secondary N) is 2. The lowest BCUT2D eigenvalue weighted by Gasteiger charge is -2.13. The number of amides is 1. The second kappa shape index (κ2) is 6.97. The summed E-state index contributed by atoms with van der Waals surface area (Å²) < 4.78 is 15.8. The lowest BCUT2D eigenvalue weighted by molar-refractivity contribution is -0.120. The van der Waals surface area contributed by atoms with Gasteiger partial charge in [0, 0.05) is 12.6 Å². The van der Waals surface area contributed by atoms with Gasteiger partial charge in [0.15, 0.2) is 11.5 Å². The first kappa shape index (κ1) is 14.4. The molecule has 3 N–H and O–H groups in total. The first-order chi connectivity index (χ1) is 9.69. The van der Waals surface area contributed by atoms with Crippen molar-refractivity contribution in [3.05, 3.63) is 18.2 Å². The average Bonchev–Trinajstić information content (AvgIpc) is 2.90. The number of aliphatic hydroxyl groups is 1. The molecule has 1 aliphatic rings. The number of likely N-dealkylation sites (N-methyl/N-ethyl adjacent to an activating group) is 1. The van der Waals surface area contributed by atoms with E-state index in [1.54, 1.807) is 25.2 Å². The van der Waals surface area contributed by atoms with Crippen molar-refractivity contribution in [2.24, 2.45) is 0 Å². The van der Waals surface area contributed by atoms with Crippen molar-refractivity contribution in [3.63, 3.8) is 0 Å². The van der Waals surface area contributed by atoms with E-state index in [0.29, 0.717) is 17.2 Å². The molecule has 1 aromatic carbocycles. The van der Waals surface area contributed by atoms with Crippen LogP contribution < -0.4 is 24.8 Å². The van der Waals surface area contributed by atoms with Crippen molar-refractivity contribution in [3.8, 4) is 17.2 Å². The maximum absolute atomic E-state index is 11.2. The third kappa shape index (κ3) is 4.01. The zero-order chi connectivity index (χ0) is 14.4. The molecule has 110 valence electrons. The molecule has 0 aliphatic carbocycles. The molecule has 0 spiro atoms. The van der Waals surface area contributed by atoms with Gasteiger partial charge in [0.05, 0.1) is 6.54 Å². The van der Waals surface area contributed by atoms with E-state index in [2.05, 4.69) is 10.6 Å². The highest BCUT2D eigenvalue weighted by atomic mass is 16.7. The van der Waals surface area contributed by atoms with Gasteiger partial charge in [-0.15, -0.1) is 0 Å². The van der Waals surface area contributed by atoms with E-state index >= 15 is 0 Å². The minimum absolute atomic E-state index is 0.0828. The highest BCUT2D eigenvalue weighted by molar-refractivity contribution is 5.77. The highest BCUT2D eigenvalue weighted by Crippen LogP contribution is 2.35. The number of aliphatic hydroxyl groups excluding tert-OH is 1. The van der Waals surface area contributed by atoms with Crippen molar-refractivity contribution in [1.82, 2.24) is 10.6 Å². The van der Waals surface area contributed by atoms with Crippen LogP contribution in [0, 0.1) is 0 Å². The fraction of sp³-hybridized carbons (Fsp3) is 0.462. The summed E-state index contributed by atoms with van der Waals surface area (Å²) in [4.78, 5) is 11.2. The summed E-state index contributed by atoms with van der Waals surface area (Å²) in [6, 6.07) is 5.19. The van der Waals surface area contributed by atoms with Crippen molar-refractivity contribution in [2.75, 3.05) is 33.5 Å². The van der Waals surface area contributed by atoms with Gasteiger partial charge in [0.25, 0.3) is 0 Å². The standard InChI is InChI=1S/C13H18N2O5/c1-14-6-13(17)15-5-9(16)7-18-10-2-3-11-12(4-10)20-8-19-11/h2-4,9,14,16H,5-8H2,1H3,(H,15,17). The minimum atomic E-state index is -0.777. The van der Waals surface area contributed by atoms with Crippen LogP contribution in [0.25, 0.3) is 0 Å². The zero-order valence-corrected chi connectivity index (χ0v) is 11.2. The van der Waals surface area contributed by atoms with Crippen LogP contribution in [0.2, 0.25) is 0 Å². The topological polar surface area (TPSA) is 89.1 Å². The van der Waals surface area contributed by atoms with E-state index < -0.39 is 6.10 Å². The molecule has 1 heterocycles. The molecule has 1 amide bonds. The van der Waals surface area contributed by atoms with Gasteiger partial charge in [-0.3, -0.25) is 4.79 Å². The Balaban J connectivity index is 1.73. The molecule has 2 rings (SSSR count). The summed E-state index contributed by atoms with van der Waals surface area (Å²) >= 11 is 0. The van der Waals surface area contributed by atoms with Gasteiger partial charge in [0.1, 0.15) is 18.5 Å². The van der Waals surface area contributed by atoms with Crippen LogP contribution in [0.4, 0.5) is 0 Å². The number of hydrogen-bond acceptors (Lipinski definition) is 6. The SMILES string of the molecule is CNCC(=O)NCC(O)COc1ccc2c(c1)OCO2. The van der Waals surface area contributed by atoms with Crippen molar-refractivity contribution < 1.29 is 24.1 Å². The first-order valence-corrected chi connectivity index (χ1v) is 6.31. The lowest BCUT2D eigenvalue weighted by Crippen LogP contribution is -2.39. The van der Waals surface area contributed by atoms with Crippen LogP contribution in [0.1, 0.15) is 0 Å². The summed E-state index contributed by atoms with van der Waals surface area (Å²) in [5.41, 5.74) is 0. The molecule has 0 saturated heterocycles. The average molecular weight is 282 g/mol. The predicted molar refractivity (Wildman–Crippen MR) is 71.0 cm³/mol. The number of carbonyl (C=O) groups excluding carboxylic acids is 1. The lowest BCUT2D eigenvalue weighted by atomic mass is 10.3. The zero-order valence-electron chi connectivity index (χ0n) is 11.2. The van der Waals surface area contributed by atoms with Crippen LogP contribution in [0.15, 0.2) is 18.2 Å². The molecule has 20 heavy (non-hydrogen) atoms. The van der Waals surface area contributed by atoms with Gasteiger partial charge >= 0.3 is 0 Å². The van der Waals surface area contributed by atoms with Crippen LogP contribution >= 0.6 is 0 Å². The minimum Gasteiger partial charge on any atom is -0.491 e. The molecule has 1 aliphatic heterocycles. The van der Waals surface area contributed by atoms with Crippen LogP contribution in [-0.2, 0) is 4.79 Å². The maximum Gasteiger partial charge on any atom is 0.234 e. The molecular weight excluding hydrogens is 264 g/mol. The van der Waals surface area contributed by atoms with E-state index in [0.717, 1.165) is 0 Å². The Morgan fingerprint density at radius 2 is 2.25 bits per heavy atom. The maximum atomic E-state index is 11.2. The number of ether oxygens (including phenoxy) is 3. The van der Waals surface area contributed by atoms with Gasteiger partial charge in [-0.2, -0.15) is 0 Å². The van der Waals surface area contributed by atoms with Crippen molar-refractivity contribution >= 4 is 5.91 Å². The molecule has 7 nitrogen and oxygen atoms in total. The molecule has 1 unspecified atom stereocenters. The van der Waals surface area contributed by atoms with E-state index in [-0.39, 0.29) is 32.4 Å². The van der Waals surface area contributed by atoms with Crippen LogP contribution in [0.3, 0.4) is 0 Å². The summed E-state index contributed by atoms with van der Waals surface area (Å²) in [5.74, 6) is 1.71.